The highest BCUT2D eigenvalue weighted by molar-refractivity contribution is 6.42. The van der Waals surface area contributed by atoms with Crippen molar-refractivity contribution in [3.05, 3.63) is 45.5 Å². The molecule has 1 aliphatic heterocycles. The Balaban J connectivity index is 1.70. The van der Waals surface area contributed by atoms with Crippen molar-refractivity contribution in [2.45, 2.75) is 44.7 Å². The van der Waals surface area contributed by atoms with Gasteiger partial charge in [0.25, 0.3) is 0 Å². The Kier molecular flexibility index (Phi) is 8.03. The Bertz CT molecular complexity index is 704. The number of carbonyl (C=O) groups excluding carboxylic acids is 1. The summed E-state index contributed by atoms with van der Waals surface area (Å²) in [5.74, 6) is 0. The second-order valence-corrected chi connectivity index (χ2v) is 8.27. The fourth-order valence-electron chi connectivity index (χ4n) is 4.06. The molecule has 2 aliphatic rings. The van der Waals surface area contributed by atoms with Crippen LogP contribution in [0.3, 0.4) is 0 Å². The van der Waals surface area contributed by atoms with Crippen LogP contribution in [0.25, 0.3) is 0 Å². The number of rotatable bonds is 6. The number of nitrogens with zero attached hydrogens (tertiary/aromatic N) is 1. The summed E-state index contributed by atoms with van der Waals surface area (Å²) in [4.78, 5) is 14.3. The number of urea groups is 1. The number of nitrogens with one attached hydrogen (secondary N) is 3. The Labute approximate surface area is 177 Å². The van der Waals surface area contributed by atoms with Crippen LogP contribution in [0.5, 0.6) is 0 Å². The van der Waals surface area contributed by atoms with Gasteiger partial charge in [0.2, 0.25) is 0 Å². The molecule has 2 atom stereocenters. The summed E-state index contributed by atoms with van der Waals surface area (Å²) in [5, 5.41) is 10.6. The number of amides is 2. The Morgan fingerprint density at radius 1 is 1.32 bits per heavy atom. The lowest BCUT2D eigenvalue weighted by Crippen LogP contribution is -2.45. The smallest absolute Gasteiger partial charge is 0.315 e. The summed E-state index contributed by atoms with van der Waals surface area (Å²) in [6.45, 7) is 6.56. The molecular formula is C21H30Cl2N4O. The highest BCUT2D eigenvalue weighted by Crippen LogP contribution is 2.38. The third kappa shape index (κ3) is 5.63. The molecule has 5 nitrogen and oxygen atoms in total. The highest BCUT2D eigenvalue weighted by Gasteiger charge is 2.27. The lowest BCUT2D eigenvalue weighted by atomic mass is 9.88. The van der Waals surface area contributed by atoms with Crippen LogP contribution in [-0.2, 0) is 0 Å². The molecule has 0 spiro atoms. The average Bonchev–Trinajstić information content (AvgIpc) is 2.71. The van der Waals surface area contributed by atoms with Crippen LogP contribution in [0.4, 0.5) is 4.79 Å². The molecule has 7 heteroatoms. The first-order chi connectivity index (χ1) is 13.6. The third-order valence-electron chi connectivity index (χ3n) is 5.57. The molecule has 1 aliphatic carbocycles. The number of halogens is 2. The molecule has 0 saturated carbocycles. The lowest BCUT2D eigenvalue weighted by molar-refractivity contribution is 0.171. The molecule has 1 aromatic rings. The summed E-state index contributed by atoms with van der Waals surface area (Å²) < 4.78 is 0. The molecule has 2 unspecified atom stereocenters. The van der Waals surface area contributed by atoms with Crippen LogP contribution < -0.4 is 16.0 Å². The Morgan fingerprint density at radius 2 is 2.11 bits per heavy atom. The minimum absolute atomic E-state index is 0.0752. The van der Waals surface area contributed by atoms with Crippen LogP contribution in [-0.4, -0.2) is 49.7 Å². The quantitative estimate of drug-likeness (QED) is 0.601. The van der Waals surface area contributed by atoms with E-state index in [9.17, 15) is 4.79 Å². The van der Waals surface area contributed by atoms with Gasteiger partial charge in [-0.3, -0.25) is 4.90 Å². The predicted molar refractivity (Wildman–Crippen MR) is 116 cm³/mol. The maximum atomic E-state index is 11.7. The third-order valence-corrected chi connectivity index (χ3v) is 6.40. The number of carbonyl (C=O) groups is 1. The zero-order chi connectivity index (χ0) is 19.9. The average molecular weight is 425 g/mol. The summed E-state index contributed by atoms with van der Waals surface area (Å²) in [5.41, 5.74) is 2.55. The summed E-state index contributed by atoms with van der Waals surface area (Å²) in [7, 11) is 0. The predicted octanol–water partition coefficient (Wildman–Crippen LogP) is 4.13. The minimum Gasteiger partial charge on any atom is -0.338 e. The van der Waals surface area contributed by atoms with Crippen LogP contribution in [0.2, 0.25) is 10.0 Å². The van der Waals surface area contributed by atoms with E-state index in [1.165, 1.54) is 5.57 Å². The van der Waals surface area contributed by atoms with Crippen molar-refractivity contribution in [2.24, 2.45) is 0 Å². The van der Waals surface area contributed by atoms with Crippen molar-refractivity contribution < 1.29 is 4.79 Å². The van der Waals surface area contributed by atoms with E-state index in [4.69, 9.17) is 23.2 Å². The van der Waals surface area contributed by atoms with Crippen LogP contribution >= 0.6 is 23.2 Å². The Morgan fingerprint density at radius 3 is 2.79 bits per heavy atom. The van der Waals surface area contributed by atoms with Crippen molar-refractivity contribution in [1.29, 1.82) is 0 Å². The van der Waals surface area contributed by atoms with Gasteiger partial charge in [0.15, 0.2) is 0 Å². The van der Waals surface area contributed by atoms with Crippen molar-refractivity contribution >= 4 is 29.2 Å². The van der Waals surface area contributed by atoms with E-state index in [1.807, 2.05) is 19.1 Å². The molecule has 0 radical (unpaired) electrons. The van der Waals surface area contributed by atoms with Gasteiger partial charge >= 0.3 is 6.03 Å². The monoisotopic (exact) mass is 424 g/mol. The molecule has 0 bridgehead atoms. The van der Waals surface area contributed by atoms with Gasteiger partial charge in [-0.2, -0.15) is 0 Å². The molecule has 3 rings (SSSR count). The summed E-state index contributed by atoms with van der Waals surface area (Å²) in [6.07, 6.45) is 6.10. The molecule has 1 saturated heterocycles. The first-order valence-corrected chi connectivity index (χ1v) is 10.9. The maximum Gasteiger partial charge on any atom is 0.315 e. The second-order valence-electron chi connectivity index (χ2n) is 7.49. The van der Waals surface area contributed by atoms with Gasteiger partial charge in [-0.25, -0.2) is 4.79 Å². The molecule has 1 fully saturated rings. The first kappa shape index (κ1) is 21.4. The van der Waals surface area contributed by atoms with E-state index in [0.717, 1.165) is 57.4 Å². The number of hydrogen-bond donors (Lipinski definition) is 3. The Hall–Kier alpha value is -1.27. The van der Waals surface area contributed by atoms with E-state index < -0.39 is 0 Å². The van der Waals surface area contributed by atoms with E-state index >= 15 is 0 Å². The topological polar surface area (TPSA) is 56.4 Å². The van der Waals surface area contributed by atoms with Crippen molar-refractivity contribution in [3.63, 3.8) is 0 Å². The zero-order valence-electron chi connectivity index (χ0n) is 16.4. The van der Waals surface area contributed by atoms with Crippen molar-refractivity contribution in [1.82, 2.24) is 20.9 Å². The summed E-state index contributed by atoms with van der Waals surface area (Å²) in [6, 6.07) is 6.30. The molecular weight excluding hydrogens is 395 g/mol. The van der Waals surface area contributed by atoms with Gasteiger partial charge in [0.05, 0.1) is 10.0 Å². The molecule has 154 valence electrons. The van der Waals surface area contributed by atoms with E-state index in [2.05, 4.69) is 33.0 Å². The van der Waals surface area contributed by atoms with Gasteiger partial charge in [-0.15, -0.1) is 0 Å². The van der Waals surface area contributed by atoms with Gasteiger partial charge < -0.3 is 16.0 Å². The molecule has 1 aromatic carbocycles. The van der Waals surface area contributed by atoms with Gasteiger partial charge in [0.1, 0.15) is 0 Å². The van der Waals surface area contributed by atoms with Crippen molar-refractivity contribution in [2.75, 3.05) is 32.7 Å². The largest absolute Gasteiger partial charge is 0.338 e. The standard InChI is InChI=1S/C21H30Cl2N4O/c1-2-25-21(28)26-16-8-6-15(7-9-16)14-19(27-12-10-24-11-13-27)17-4-3-5-18(22)20(17)23/h3-6,16,19,24H,2,7-14H2,1H3,(H2,25,26,28). The normalized spacial score (nSPS) is 21.7. The molecule has 28 heavy (non-hydrogen) atoms. The highest BCUT2D eigenvalue weighted by atomic mass is 35.5. The van der Waals surface area contributed by atoms with E-state index in [1.54, 1.807) is 0 Å². The zero-order valence-corrected chi connectivity index (χ0v) is 18.0. The number of piperazine rings is 1. The van der Waals surface area contributed by atoms with Crippen LogP contribution in [0.15, 0.2) is 29.8 Å². The molecule has 2 amide bonds. The molecule has 3 N–H and O–H groups in total. The van der Waals surface area contributed by atoms with Gasteiger partial charge in [-0.1, -0.05) is 47.0 Å². The molecule has 1 heterocycles. The SMILES string of the molecule is CCNC(=O)NC1CC=C(CC(c2cccc(Cl)c2Cl)N2CCNCC2)CC1. The lowest BCUT2D eigenvalue weighted by Gasteiger charge is -2.37. The van der Waals surface area contributed by atoms with Crippen LogP contribution in [0.1, 0.15) is 44.2 Å². The first-order valence-electron chi connectivity index (χ1n) is 10.2. The van der Waals surface area contributed by atoms with Crippen LogP contribution in [0, 0.1) is 0 Å². The fraction of sp³-hybridized carbons (Fsp3) is 0.571. The van der Waals surface area contributed by atoms with Gasteiger partial charge in [-0.05, 0) is 44.2 Å². The summed E-state index contributed by atoms with van der Waals surface area (Å²) >= 11 is 12.9. The minimum atomic E-state index is -0.0752. The fourth-order valence-corrected chi connectivity index (χ4v) is 4.49. The maximum absolute atomic E-state index is 11.7. The van der Waals surface area contributed by atoms with Crippen molar-refractivity contribution in [3.8, 4) is 0 Å². The number of benzene rings is 1. The second kappa shape index (κ2) is 10.5. The van der Waals surface area contributed by atoms with E-state index in [-0.39, 0.29) is 18.1 Å². The van der Waals surface area contributed by atoms with E-state index in [0.29, 0.717) is 16.6 Å². The molecule has 0 aromatic heterocycles. The van der Waals surface area contributed by atoms with Gasteiger partial charge in [0, 0.05) is 44.8 Å². The number of hydrogen-bond acceptors (Lipinski definition) is 3.